The fourth-order valence-electron chi connectivity index (χ4n) is 2.95. The van der Waals surface area contributed by atoms with Crippen LogP contribution >= 0.6 is 0 Å². The molecule has 25 heavy (non-hydrogen) atoms. The normalized spacial score (nSPS) is 13.8. The number of hydrogen-bond donors (Lipinski definition) is 2. The molecule has 0 heterocycles. The summed E-state index contributed by atoms with van der Waals surface area (Å²) in [5.74, 6) is 0.809. The van der Waals surface area contributed by atoms with Crippen LogP contribution in [-0.2, 0) is 28.9 Å². The number of aliphatic imine (C=N–C) groups is 1. The van der Waals surface area contributed by atoms with E-state index in [-0.39, 0.29) is 0 Å². The van der Waals surface area contributed by atoms with E-state index in [9.17, 15) is 0 Å². The number of rotatable bonds is 11. The van der Waals surface area contributed by atoms with E-state index in [4.69, 9.17) is 9.47 Å². The molecule has 0 aliphatic heterocycles. The van der Waals surface area contributed by atoms with E-state index in [1.54, 1.807) is 7.05 Å². The maximum Gasteiger partial charge on any atom is 0.191 e. The smallest absolute Gasteiger partial charge is 0.191 e. The molecule has 1 aliphatic carbocycles. The van der Waals surface area contributed by atoms with Crippen LogP contribution in [0.25, 0.3) is 0 Å². The Morgan fingerprint density at radius 3 is 2.64 bits per heavy atom. The first-order valence-corrected chi connectivity index (χ1v) is 9.54. The van der Waals surface area contributed by atoms with Gasteiger partial charge in [0.05, 0.1) is 19.8 Å². The summed E-state index contributed by atoms with van der Waals surface area (Å²) in [7, 11) is 1.79. The standard InChI is InChI=1S/C20H33N3O2/c1-3-4-11-24-13-14-25-12-10-22-20(21-2)23-16-17-8-9-18-6-5-7-19(18)15-17/h8-9,15H,3-7,10-14,16H2,1-2H3,(H2,21,22,23). The Morgan fingerprint density at radius 1 is 1.04 bits per heavy atom. The van der Waals surface area contributed by atoms with E-state index in [1.165, 1.54) is 42.4 Å². The Bertz CT molecular complexity index is 532. The summed E-state index contributed by atoms with van der Waals surface area (Å²) < 4.78 is 11.0. The van der Waals surface area contributed by atoms with E-state index in [2.05, 4.69) is 40.7 Å². The van der Waals surface area contributed by atoms with Crippen molar-refractivity contribution in [1.82, 2.24) is 10.6 Å². The minimum absolute atomic E-state index is 0.645. The van der Waals surface area contributed by atoms with Crippen LogP contribution in [0.3, 0.4) is 0 Å². The minimum Gasteiger partial charge on any atom is -0.379 e. The summed E-state index contributed by atoms with van der Waals surface area (Å²) in [5.41, 5.74) is 4.34. The first-order valence-electron chi connectivity index (χ1n) is 9.54. The van der Waals surface area contributed by atoms with Gasteiger partial charge >= 0.3 is 0 Å². The van der Waals surface area contributed by atoms with Crippen molar-refractivity contribution in [3.63, 3.8) is 0 Å². The molecule has 0 amide bonds. The van der Waals surface area contributed by atoms with Crippen LogP contribution in [0.2, 0.25) is 0 Å². The zero-order valence-electron chi connectivity index (χ0n) is 15.8. The zero-order chi connectivity index (χ0) is 17.7. The monoisotopic (exact) mass is 347 g/mol. The summed E-state index contributed by atoms with van der Waals surface area (Å²) in [4.78, 5) is 4.26. The molecular weight excluding hydrogens is 314 g/mol. The number of ether oxygens (including phenoxy) is 2. The first kappa shape index (κ1) is 19.7. The maximum atomic E-state index is 5.55. The molecule has 1 aromatic carbocycles. The number of benzene rings is 1. The molecule has 0 fully saturated rings. The summed E-state index contributed by atoms with van der Waals surface area (Å²) in [6.07, 6.45) is 6.03. The number of fused-ring (bicyclic) bond motifs is 1. The Balaban J connectivity index is 1.55. The average Bonchev–Trinajstić information content (AvgIpc) is 3.10. The number of aryl methyl sites for hydroxylation is 2. The van der Waals surface area contributed by atoms with Crippen LogP contribution in [0.1, 0.15) is 42.9 Å². The van der Waals surface area contributed by atoms with Crippen molar-refractivity contribution >= 4 is 5.96 Å². The predicted octanol–water partition coefficient (Wildman–Crippen LogP) is 2.67. The SMILES string of the molecule is CCCCOCCOCCNC(=NC)NCc1ccc2c(c1)CCC2. The van der Waals surface area contributed by atoms with Crippen LogP contribution in [0.5, 0.6) is 0 Å². The molecule has 1 aromatic rings. The summed E-state index contributed by atoms with van der Waals surface area (Å²) in [6.45, 7) is 6.49. The van der Waals surface area contributed by atoms with Gasteiger partial charge in [0, 0.05) is 26.7 Å². The van der Waals surface area contributed by atoms with Crippen molar-refractivity contribution in [1.29, 1.82) is 0 Å². The summed E-state index contributed by atoms with van der Waals surface area (Å²) in [5, 5.41) is 6.64. The van der Waals surface area contributed by atoms with Crippen LogP contribution in [0, 0.1) is 0 Å². The average molecular weight is 348 g/mol. The highest BCUT2D eigenvalue weighted by Crippen LogP contribution is 2.22. The van der Waals surface area contributed by atoms with Crippen molar-refractivity contribution in [2.24, 2.45) is 4.99 Å². The molecule has 0 radical (unpaired) electrons. The second-order valence-electron chi connectivity index (χ2n) is 6.39. The molecule has 2 N–H and O–H groups in total. The predicted molar refractivity (Wildman–Crippen MR) is 103 cm³/mol. The molecule has 0 saturated heterocycles. The van der Waals surface area contributed by atoms with Gasteiger partial charge in [-0.25, -0.2) is 0 Å². The Hall–Kier alpha value is -1.59. The van der Waals surface area contributed by atoms with Crippen LogP contribution in [0.15, 0.2) is 23.2 Å². The Kier molecular flexibility index (Phi) is 9.37. The molecule has 2 rings (SSSR count). The molecule has 5 nitrogen and oxygen atoms in total. The van der Waals surface area contributed by atoms with Gasteiger partial charge in [-0.05, 0) is 42.4 Å². The number of nitrogens with zero attached hydrogens (tertiary/aromatic N) is 1. The molecule has 0 spiro atoms. The van der Waals surface area contributed by atoms with E-state index >= 15 is 0 Å². The minimum atomic E-state index is 0.645. The van der Waals surface area contributed by atoms with Crippen LogP contribution < -0.4 is 10.6 Å². The van der Waals surface area contributed by atoms with Gasteiger partial charge in [0.2, 0.25) is 0 Å². The fraction of sp³-hybridized carbons (Fsp3) is 0.650. The first-order chi connectivity index (χ1) is 12.3. The van der Waals surface area contributed by atoms with E-state index in [0.29, 0.717) is 19.8 Å². The lowest BCUT2D eigenvalue weighted by Gasteiger charge is -2.13. The number of guanidine groups is 1. The summed E-state index contributed by atoms with van der Waals surface area (Å²) in [6, 6.07) is 6.81. The van der Waals surface area contributed by atoms with Crippen molar-refractivity contribution in [2.45, 2.75) is 45.6 Å². The lowest BCUT2D eigenvalue weighted by molar-refractivity contribution is 0.0487. The molecule has 5 heteroatoms. The highest BCUT2D eigenvalue weighted by atomic mass is 16.5. The van der Waals surface area contributed by atoms with Crippen molar-refractivity contribution < 1.29 is 9.47 Å². The van der Waals surface area contributed by atoms with Gasteiger partial charge in [-0.1, -0.05) is 31.5 Å². The van der Waals surface area contributed by atoms with Crippen molar-refractivity contribution in [3.05, 3.63) is 34.9 Å². The largest absolute Gasteiger partial charge is 0.379 e. The van der Waals surface area contributed by atoms with Crippen molar-refractivity contribution in [3.8, 4) is 0 Å². The Morgan fingerprint density at radius 2 is 1.84 bits per heavy atom. The third kappa shape index (κ3) is 7.45. The quantitative estimate of drug-likeness (QED) is 0.367. The number of unbranched alkanes of at least 4 members (excludes halogenated alkanes) is 1. The molecule has 0 bridgehead atoms. The lowest BCUT2D eigenvalue weighted by Crippen LogP contribution is -2.38. The highest BCUT2D eigenvalue weighted by molar-refractivity contribution is 5.79. The molecule has 0 atom stereocenters. The zero-order valence-corrected chi connectivity index (χ0v) is 15.8. The lowest BCUT2D eigenvalue weighted by atomic mass is 10.1. The van der Waals surface area contributed by atoms with Gasteiger partial charge in [-0.2, -0.15) is 0 Å². The van der Waals surface area contributed by atoms with Gasteiger partial charge in [0.25, 0.3) is 0 Å². The molecule has 1 aliphatic rings. The number of hydrogen-bond acceptors (Lipinski definition) is 3. The second-order valence-corrected chi connectivity index (χ2v) is 6.39. The van der Waals surface area contributed by atoms with E-state index in [0.717, 1.165) is 32.1 Å². The number of nitrogens with one attached hydrogen (secondary N) is 2. The maximum absolute atomic E-state index is 5.55. The molecule has 0 saturated carbocycles. The second kappa shape index (κ2) is 11.9. The van der Waals surface area contributed by atoms with Gasteiger partial charge in [0.1, 0.15) is 0 Å². The Labute approximate surface area is 152 Å². The van der Waals surface area contributed by atoms with Gasteiger partial charge in [-0.15, -0.1) is 0 Å². The van der Waals surface area contributed by atoms with Crippen LogP contribution in [0.4, 0.5) is 0 Å². The highest BCUT2D eigenvalue weighted by Gasteiger charge is 2.10. The fourth-order valence-corrected chi connectivity index (χ4v) is 2.95. The molecule has 0 aromatic heterocycles. The summed E-state index contributed by atoms with van der Waals surface area (Å²) >= 11 is 0. The van der Waals surface area contributed by atoms with Crippen LogP contribution in [-0.4, -0.2) is 46.0 Å². The van der Waals surface area contributed by atoms with Gasteiger partial charge in [0.15, 0.2) is 5.96 Å². The van der Waals surface area contributed by atoms with Crippen molar-refractivity contribution in [2.75, 3.05) is 40.0 Å². The third-order valence-electron chi connectivity index (χ3n) is 4.40. The molecular formula is C20H33N3O2. The van der Waals surface area contributed by atoms with E-state index in [1.807, 2.05) is 0 Å². The van der Waals surface area contributed by atoms with E-state index < -0.39 is 0 Å². The molecule has 0 unspecified atom stereocenters. The molecule has 140 valence electrons. The topological polar surface area (TPSA) is 54.9 Å². The van der Waals surface area contributed by atoms with Gasteiger partial charge in [-0.3, -0.25) is 4.99 Å². The third-order valence-corrected chi connectivity index (χ3v) is 4.40. The van der Waals surface area contributed by atoms with Gasteiger partial charge < -0.3 is 20.1 Å².